The lowest BCUT2D eigenvalue weighted by molar-refractivity contribution is -0.889. The summed E-state index contributed by atoms with van der Waals surface area (Å²) in [6.07, 6.45) is 19.6. The molecule has 5 aromatic rings. The molecule has 0 aliphatic heterocycles. The molecule has 0 unspecified atom stereocenters. The third-order valence-corrected chi connectivity index (χ3v) is 9.86. The summed E-state index contributed by atoms with van der Waals surface area (Å²) >= 11 is 0. The highest BCUT2D eigenvalue weighted by atomic mass is 16.2. The quantitative estimate of drug-likeness (QED) is 0.0585. The van der Waals surface area contributed by atoms with E-state index in [1.807, 2.05) is 54.7 Å². The molecule has 0 aliphatic carbocycles. The smallest absolute Gasteiger partial charge is 0.272 e. The number of nitrogens with one attached hydrogen (secondary N) is 3. The van der Waals surface area contributed by atoms with Crippen molar-refractivity contribution in [2.75, 3.05) is 44.4 Å². The summed E-state index contributed by atoms with van der Waals surface area (Å²) < 4.78 is 4.23. The molecule has 284 valence electrons. The van der Waals surface area contributed by atoms with Crippen molar-refractivity contribution in [3.63, 3.8) is 0 Å². The van der Waals surface area contributed by atoms with Crippen molar-refractivity contribution in [2.24, 2.45) is 14.1 Å². The molecule has 3 aromatic heterocycles. The van der Waals surface area contributed by atoms with Crippen LogP contribution in [0, 0.1) is 0 Å². The normalized spacial score (nSPS) is 11.6. The van der Waals surface area contributed by atoms with Gasteiger partial charge in [0.05, 0.1) is 50.6 Å². The van der Waals surface area contributed by atoms with Crippen molar-refractivity contribution in [1.29, 1.82) is 0 Å². The SMILES string of the molecule is CCCCCCCCCC[N+](C)(C)CCNC(=O)c1cc(NC(=O)c2cc(NC(=O)c3ccc(/C=C/c4cnc5ccccc5c4)cc3)cn2C)cn1C. The fourth-order valence-electron chi connectivity index (χ4n) is 6.58. The first-order chi connectivity index (χ1) is 26.0. The van der Waals surface area contributed by atoms with E-state index in [1.165, 1.54) is 51.4 Å². The molecule has 0 radical (unpaired) electrons. The van der Waals surface area contributed by atoms with Crippen molar-refractivity contribution in [3.8, 4) is 0 Å². The molecule has 3 N–H and O–H groups in total. The van der Waals surface area contributed by atoms with E-state index in [-0.39, 0.29) is 17.7 Å². The summed E-state index contributed by atoms with van der Waals surface area (Å²) in [7, 11) is 7.96. The number of pyridine rings is 1. The van der Waals surface area contributed by atoms with Crippen LogP contribution in [-0.4, -0.2) is 70.1 Å². The maximum absolute atomic E-state index is 13.3. The van der Waals surface area contributed by atoms with Crippen LogP contribution < -0.4 is 16.0 Å². The van der Waals surface area contributed by atoms with Gasteiger partial charge in [-0.15, -0.1) is 0 Å². The predicted octanol–water partition coefficient (Wildman–Crippen LogP) is 8.53. The van der Waals surface area contributed by atoms with E-state index in [0.717, 1.165) is 39.6 Å². The lowest BCUT2D eigenvalue weighted by Gasteiger charge is -2.30. The highest BCUT2D eigenvalue weighted by Gasteiger charge is 2.19. The molecule has 3 heterocycles. The van der Waals surface area contributed by atoms with E-state index in [1.54, 1.807) is 59.9 Å². The first kappa shape index (κ1) is 39.7. The Balaban J connectivity index is 1.07. The lowest BCUT2D eigenvalue weighted by Crippen LogP contribution is -2.46. The molecule has 0 saturated carbocycles. The summed E-state index contributed by atoms with van der Waals surface area (Å²) in [5.41, 5.74) is 5.23. The fourth-order valence-corrected chi connectivity index (χ4v) is 6.58. The number of amides is 3. The van der Waals surface area contributed by atoms with E-state index in [0.29, 0.717) is 34.9 Å². The summed E-state index contributed by atoms with van der Waals surface area (Å²) in [5.74, 6) is -0.815. The number of carbonyl (C=O) groups excluding carboxylic acids is 3. The van der Waals surface area contributed by atoms with Crippen molar-refractivity contribution >= 4 is 52.2 Å². The zero-order valence-electron chi connectivity index (χ0n) is 32.5. The first-order valence-corrected chi connectivity index (χ1v) is 19.2. The van der Waals surface area contributed by atoms with E-state index < -0.39 is 0 Å². The van der Waals surface area contributed by atoms with Gasteiger partial charge in [0.2, 0.25) is 0 Å². The number of hydrogen-bond donors (Lipinski definition) is 3. The van der Waals surface area contributed by atoms with Crippen LogP contribution in [0.25, 0.3) is 23.1 Å². The van der Waals surface area contributed by atoms with Gasteiger partial charge in [-0.1, -0.05) is 87.9 Å². The van der Waals surface area contributed by atoms with Crippen molar-refractivity contribution in [3.05, 3.63) is 113 Å². The Bertz CT molecular complexity index is 2060. The van der Waals surface area contributed by atoms with Crippen LogP contribution in [0.4, 0.5) is 11.4 Å². The Morgan fingerprint density at radius 1 is 0.685 bits per heavy atom. The van der Waals surface area contributed by atoms with Crippen LogP contribution in [0.2, 0.25) is 0 Å². The van der Waals surface area contributed by atoms with Gasteiger partial charge in [-0.3, -0.25) is 19.4 Å². The second-order valence-corrected chi connectivity index (χ2v) is 14.9. The fraction of sp³-hybridized carbons (Fsp3) is 0.364. The predicted molar refractivity (Wildman–Crippen MR) is 221 cm³/mol. The van der Waals surface area contributed by atoms with E-state index in [4.69, 9.17) is 0 Å². The molecule has 5 rings (SSSR count). The van der Waals surface area contributed by atoms with Gasteiger partial charge in [0.25, 0.3) is 17.7 Å². The van der Waals surface area contributed by atoms with E-state index in [9.17, 15) is 14.4 Å². The Hall–Kier alpha value is -5.48. The van der Waals surface area contributed by atoms with Crippen LogP contribution in [-0.2, 0) is 14.1 Å². The Morgan fingerprint density at radius 2 is 1.28 bits per heavy atom. The number of nitrogens with zero attached hydrogens (tertiary/aromatic N) is 4. The molecule has 10 nitrogen and oxygen atoms in total. The number of likely N-dealkylation sites (N-methyl/N-ethyl adjacent to an activating group) is 1. The first-order valence-electron chi connectivity index (χ1n) is 19.2. The monoisotopic (exact) mass is 730 g/mol. The number of unbranched alkanes of at least 4 members (excludes halogenated alkanes) is 7. The molecule has 0 bridgehead atoms. The average molecular weight is 731 g/mol. The minimum absolute atomic E-state index is 0.180. The number of fused-ring (bicyclic) bond motifs is 1. The van der Waals surface area contributed by atoms with Crippen molar-refractivity contribution in [2.45, 2.75) is 58.3 Å². The zero-order valence-corrected chi connectivity index (χ0v) is 32.5. The average Bonchev–Trinajstić information content (AvgIpc) is 3.72. The summed E-state index contributed by atoms with van der Waals surface area (Å²) in [4.78, 5) is 43.9. The third-order valence-electron chi connectivity index (χ3n) is 9.86. The molecule has 3 amide bonds. The van der Waals surface area contributed by atoms with Gasteiger partial charge in [-0.25, -0.2) is 0 Å². The summed E-state index contributed by atoms with van der Waals surface area (Å²) in [5, 5.41) is 9.92. The number of carbonyl (C=O) groups is 3. The largest absolute Gasteiger partial charge is 0.345 e. The Labute approximate surface area is 319 Å². The van der Waals surface area contributed by atoms with Crippen molar-refractivity contribution < 1.29 is 18.9 Å². The van der Waals surface area contributed by atoms with Gasteiger partial charge in [-0.05, 0) is 60.4 Å². The maximum atomic E-state index is 13.3. The number of anilines is 2. The van der Waals surface area contributed by atoms with Gasteiger partial charge < -0.3 is 29.6 Å². The van der Waals surface area contributed by atoms with Crippen LogP contribution in [0.5, 0.6) is 0 Å². The number of rotatable bonds is 19. The standard InChI is InChI=1S/C44H55N7O3/c1-6-7-8-9-10-11-12-15-25-51(4,5)26-24-45-43(53)40-28-38(32-49(40)2)48-44(54)41-29-37(31-50(41)3)47-42(52)35-22-20-33(21-23-35)18-19-34-27-36-16-13-14-17-39(36)46-30-34/h13-14,16-23,27-32H,6-12,15,24-26H2,1-5H3,(H2-,45,47,48,52,53,54)/p+1/b19-18+. The van der Waals surface area contributed by atoms with E-state index >= 15 is 0 Å². The molecular formula is C44H56N7O3+. The summed E-state index contributed by atoms with van der Waals surface area (Å²) in [6.45, 7) is 4.75. The van der Waals surface area contributed by atoms with Gasteiger partial charge in [-0.2, -0.15) is 0 Å². The van der Waals surface area contributed by atoms with Gasteiger partial charge >= 0.3 is 0 Å². The third kappa shape index (κ3) is 11.5. The minimum atomic E-state index is -0.353. The molecule has 0 atom stereocenters. The molecule has 10 heteroatoms. The van der Waals surface area contributed by atoms with Crippen LogP contribution >= 0.6 is 0 Å². The molecule has 0 spiro atoms. The lowest BCUT2D eigenvalue weighted by atomic mass is 10.1. The maximum Gasteiger partial charge on any atom is 0.272 e. The topological polar surface area (TPSA) is 110 Å². The number of para-hydroxylation sites is 1. The van der Waals surface area contributed by atoms with Gasteiger partial charge in [0.15, 0.2) is 0 Å². The highest BCUT2D eigenvalue weighted by Crippen LogP contribution is 2.20. The summed E-state index contributed by atoms with van der Waals surface area (Å²) in [6, 6.07) is 20.7. The molecule has 0 aliphatic rings. The van der Waals surface area contributed by atoms with Crippen molar-refractivity contribution in [1.82, 2.24) is 19.4 Å². The Morgan fingerprint density at radius 3 is 1.96 bits per heavy atom. The second-order valence-electron chi connectivity index (χ2n) is 14.9. The number of aromatic nitrogens is 3. The molecule has 0 saturated heterocycles. The molecule has 2 aromatic carbocycles. The number of quaternary nitrogens is 1. The Kier molecular flexibility index (Phi) is 14.0. The number of benzene rings is 2. The highest BCUT2D eigenvalue weighted by molar-refractivity contribution is 6.07. The van der Waals surface area contributed by atoms with Gasteiger partial charge in [0.1, 0.15) is 11.4 Å². The van der Waals surface area contributed by atoms with E-state index in [2.05, 4.69) is 48.0 Å². The zero-order chi connectivity index (χ0) is 38.5. The number of hydrogen-bond acceptors (Lipinski definition) is 4. The van der Waals surface area contributed by atoms with Crippen LogP contribution in [0.15, 0.2) is 85.3 Å². The molecule has 54 heavy (non-hydrogen) atoms. The van der Waals surface area contributed by atoms with Crippen LogP contribution in [0.3, 0.4) is 0 Å². The molecule has 0 fully saturated rings. The minimum Gasteiger partial charge on any atom is -0.345 e. The molecular weight excluding hydrogens is 675 g/mol. The second kappa shape index (κ2) is 19.0. The van der Waals surface area contributed by atoms with Crippen LogP contribution in [0.1, 0.15) is 101 Å². The van der Waals surface area contributed by atoms with Gasteiger partial charge in [0, 0.05) is 43.6 Å². The number of aryl methyl sites for hydroxylation is 2.